The predicted octanol–water partition coefficient (Wildman–Crippen LogP) is 3.10. The van der Waals surface area contributed by atoms with Crippen LogP contribution in [0.3, 0.4) is 0 Å². The fourth-order valence-electron chi connectivity index (χ4n) is 6.44. The van der Waals surface area contributed by atoms with Gasteiger partial charge >= 0.3 is 0 Å². The molecule has 1 spiro atoms. The molecule has 10 nitrogen and oxygen atoms in total. The molecule has 4 heterocycles. The Hall–Kier alpha value is -4.75. The van der Waals surface area contributed by atoms with Crippen LogP contribution in [0.15, 0.2) is 58.6 Å². The van der Waals surface area contributed by atoms with Crippen molar-refractivity contribution in [3.63, 3.8) is 0 Å². The Labute approximate surface area is 257 Å². The van der Waals surface area contributed by atoms with Crippen molar-refractivity contribution in [3.05, 3.63) is 98.7 Å². The zero-order valence-corrected chi connectivity index (χ0v) is 24.8. The lowest BCUT2D eigenvalue weighted by molar-refractivity contribution is -0.0649. The molecule has 4 atom stereocenters. The van der Waals surface area contributed by atoms with Gasteiger partial charge in [0.15, 0.2) is 17.0 Å². The van der Waals surface area contributed by atoms with Crippen molar-refractivity contribution in [2.75, 3.05) is 13.7 Å². The summed E-state index contributed by atoms with van der Waals surface area (Å²) in [5, 5.41) is 6.54. The number of ether oxygens (including phenoxy) is 2. The van der Waals surface area contributed by atoms with Crippen LogP contribution in [0.1, 0.15) is 57.8 Å². The highest BCUT2D eigenvalue weighted by Gasteiger charge is 2.58. The van der Waals surface area contributed by atoms with Crippen molar-refractivity contribution in [2.24, 2.45) is 5.16 Å². The largest absolute Gasteiger partial charge is 0.483 e. The number of hydrogen-bond acceptors (Lipinski definition) is 7. The Morgan fingerprint density at radius 3 is 2.56 bits per heavy atom. The number of rotatable bonds is 6. The summed E-state index contributed by atoms with van der Waals surface area (Å²) in [6.07, 6.45) is 2.31. The van der Waals surface area contributed by atoms with Gasteiger partial charge in [-0.1, -0.05) is 35.5 Å². The predicted molar refractivity (Wildman–Crippen MR) is 158 cm³/mol. The zero-order valence-electron chi connectivity index (χ0n) is 24.8. The summed E-state index contributed by atoms with van der Waals surface area (Å²) in [5.74, 6) is -5.23. The van der Waals surface area contributed by atoms with Gasteiger partial charge in [0.25, 0.3) is 11.8 Å². The number of amides is 2. The molecule has 0 radical (unpaired) electrons. The Balaban J connectivity index is 1.47. The Kier molecular flexibility index (Phi) is 7.83. The minimum absolute atomic E-state index is 0.0471. The lowest BCUT2D eigenvalue weighted by Crippen LogP contribution is -2.54. The molecule has 1 fully saturated rings. The first-order valence-electron chi connectivity index (χ1n) is 14.5. The molecule has 1 unspecified atom stereocenters. The lowest BCUT2D eigenvalue weighted by Gasteiger charge is -2.43. The normalized spacial score (nSPS) is 23.6. The Morgan fingerprint density at radius 1 is 1.18 bits per heavy atom. The first kappa shape index (κ1) is 30.3. The van der Waals surface area contributed by atoms with E-state index in [1.54, 1.807) is 29.2 Å². The molecule has 0 aliphatic carbocycles. The number of nitrogens with one attached hydrogen (secondary N) is 1. The number of nitrogens with zero attached hydrogens (tertiary/aromatic N) is 3. The molecule has 1 aromatic heterocycles. The average Bonchev–Trinajstić information content (AvgIpc) is 3.27. The van der Waals surface area contributed by atoms with E-state index >= 15 is 0 Å². The van der Waals surface area contributed by atoms with Crippen molar-refractivity contribution in [2.45, 2.75) is 56.4 Å². The Morgan fingerprint density at radius 2 is 1.89 bits per heavy atom. The van der Waals surface area contributed by atoms with Crippen molar-refractivity contribution >= 4 is 25.6 Å². The van der Waals surface area contributed by atoms with Gasteiger partial charge in [0.1, 0.15) is 37.5 Å². The first-order valence-corrected chi connectivity index (χ1v) is 14.5. The van der Waals surface area contributed by atoms with Gasteiger partial charge in [0.2, 0.25) is 11.3 Å². The van der Waals surface area contributed by atoms with Crippen molar-refractivity contribution in [1.82, 2.24) is 14.8 Å². The van der Waals surface area contributed by atoms with Crippen LogP contribution < -0.4 is 15.5 Å². The first-order chi connectivity index (χ1) is 21.6. The molecule has 1 N–H and O–H groups in total. The highest BCUT2D eigenvalue weighted by molar-refractivity contribution is 6.25. The second-order valence-corrected chi connectivity index (χ2v) is 11.5. The minimum Gasteiger partial charge on any atom is -0.483 e. The van der Waals surface area contributed by atoms with Crippen molar-refractivity contribution in [1.29, 1.82) is 0 Å². The highest BCUT2D eigenvalue weighted by Crippen LogP contribution is 2.50. The van der Waals surface area contributed by atoms with E-state index in [-0.39, 0.29) is 36.5 Å². The number of hydrogen-bond donors (Lipinski definition) is 1. The Bertz CT molecular complexity index is 1750. The van der Waals surface area contributed by atoms with Crippen LogP contribution in [-0.2, 0) is 22.7 Å². The molecule has 6 rings (SSSR count). The third kappa shape index (κ3) is 5.11. The smallest absolute Gasteiger partial charge is 0.274 e. The number of carbonyl (C=O) groups is 2. The maximum absolute atomic E-state index is 14.3. The van der Waals surface area contributed by atoms with Gasteiger partial charge in [-0.05, 0) is 25.3 Å². The minimum atomic E-state index is -1.19. The molecule has 0 saturated carbocycles. The number of carbonyl (C=O) groups excluding carboxylic acids is 2. The topological polar surface area (TPSA) is 111 Å². The van der Waals surface area contributed by atoms with E-state index in [1.165, 1.54) is 17.9 Å². The van der Waals surface area contributed by atoms with Gasteiger partial charge in [-0.2, -0.15) is 0 Å². The van der Waals surface area contributed by atoms with E-state index in [2.05, 4.69) is 10.5 Å². The van der Waals surface area contributed by atoms with Crippen LogP contribution in [-0.4, -0.2) is 60.3 Å². The molecule has 2 amide bonds. The quantitative estimate of drug-likeness (QED) is 0.424. The standard InChI is InChI=1S/C31H30BF3N4O6/c1-16-8-9-31(27(32)29(43-2)37-45-31)23-14-38(16)30(42)24-26(44-15-17-6-4-3-5-7-17)25(40)20(13-39(23)24)28(41)36-12-19-21(34)10-18(33)11-22(19)35/h3-7,10-11,13,16,23,27H,8-9,12,14-15,32H2,1-2H3,(H,36,41)/t16-,23+,27?,31+/m0/s1. The fourth-order valence-corrected chi connectivity index (χ4v) is 6.44. The van der Waals surface area contributed by atoms with Gasteiger partial charge in [0, 0.05) is 43.0 Å². The van der Waals surface area contributed by atoms with Gasteiger partial charge < -0.3 is 29.1 Å². The van der Waals surface area contributed by atoms with E-state index in [0.717, 1.165) is 0 Å². The van der Waals surface area contributed by atoms with Crippen LogP contribution in [0.5, 0.6) is 5.75 Å². The molecule has 2 aromatic carbocycles. The summed E-state index contributed by atoms with van der Waals surface area (Å²) in [6.45, 7) is 1.36. The number of halogens is 3. The highest BCUT2D eigenvalue weighted by atomic mass is 19.1. The van der Waals surface area contributed by atoms with Crippen LogP contribution in [0.4, 0.5) is 13.2 Å². The number of oxime groups is 1. The summed E-state index contributed by atoms with van der Waals surface area (Å²) in [7, 11) is 3.39. The molecule has 3 aliphatic rings. The van der Waals surface area contributed by atoms with Crippen LogP contribution in [0, 0.1) is 17.5 Å². The molecule has 1 saturated heterocycles. The SMILES string of the molecule is BC1C(OC)=NO[C@@]12CC[C@H](C)N1C[C@H]2n2cc(C(=O)NCc3c(F)cc(F)cc3F)c(=O)c(OCc3ccccc3)c2C1=O. The average molecular weight is 622 g/mol. The van der Waals surface area contributed by atoms with Gasteiger partial charge in [-0.3, -0.25) is 14.4 Å². The maximum atomic E-state index is 14.3. The fraction of sp³-hybridized carbons (Fsp3) is 0.355. The molecule has 14 heteroatoms. The second kappa shape index (κ2) is 11.6. The number of methoxy groups -OCH3 is 1. The van der Waals surface area contributed by atoms with Gasteiger partial charge in [-0.25, -0.2) is 13.2 Å². The van der Waals surface area contributed by atoms with Gasteiger partial charge in [0.05, 0.1) is 19.0 Å². The second-order valence-electron chi connectivity index (χ2n) is 11.5. The van der Waals surface area contributed by atoms with Crippen LogP contribution in [0.25, 0.3) is 0 Å². The maximum Gasteiger partial charge on any atom is 0.274 e. The summed E-state index contributed by atoms with van der Waals surface area (Å²) in [4.78, 5) is 49.3. The van der Waals surface area contributed by atoms with Crippen LogP contribution in [0.2, 0.25) is 5.82 Å². The molecule has 3 aromatic rings. The third-order valence-electron chi connectivity index (χ3n) is 9.03. The molecule has 3 aliphatic heterocycles. The van der Waals surface area contributed by atoms with Crippen molar-refractivity contribution < 1.29 is 37.1 Å². The molecule has 2 bridgehead atoms. The van der Waals surface area contributed by atoms with E-state index < -0.39 is 64.0 Å². The van der Waals surface area contributed by atoms with E-state index in [0.29, 0.717) is 36.4 Å². The summed E-state index contributed by atoms with van der Waals surface area (Å²) < 4.78 is 55.1. The summed E-state index contributed by atoms with van der Waals surface area (Å²) >= 11 is 0. The zero-order chi connectivity index (χ0) is 32.0. The van der Waals surface area contributed by atoms with E-state index in [9.17, 15) is 27.6 Å². The summed E-state index contributed by atoms with van der Waals surface area (Å²) in [5.41, 5.74) is -2.21. The van der Waals surface area contributed by atoms with Crippen molar-refractivity contribution in [3.8, 4) is 5.75 Å². The monoisotopic (exact) mass is 622 g/mol. The lowest BCUT2D eigenvalue weighted by atomic mass is 9.67. The summed E-state index contributed by atoms with van der Waals surface area (Å²) in [6, 6.07) is 9.13. The van der Waals surface area contributed by atoms with E-state index in [1.807, 2.05) is 20.8 Å². The van der Waals surface area contributed by atoms with Gasteiger partial charge in [-0.15, -0.1) is 0 Å². The number of fused-ring (bicyclic) bond motifs is 5. The third-order valence-corrected chi connectivity index (χ3v) is 9.03. The number of pyridine rings is 1. The molecule has 45 heavy (non-hydrogen) atoms. The van der Waals surface area contributed by atoms with E-state index in [4.69, 9.17) is 14.3 Å². The molecular weight excluding hydrogens is 592 g/mol. The number of benzene rings is 2. The number of aromatic nitrogens is 1. The van der Waals surface area contributed by atoms with Crippen LogP contribution >= 0.6 is 0 Å². The molecular formula is C31H30BF3N4O6. The molecule has 234 valence electrons.